The molecule has 1 unspecified atom stereocenters. The highest BCUT2D eigenvalue weighted by molar-refractivity contribution is 5.04. The van der Waals surface area contributed by atoms with Gasteiger partial charge in [-0.3, -0.25) is 4.90 Å². The molecule has 0 bridgehead atoms. The van der Waals surface area contributed by atoms with E-state index in [-0.39, 0.29) is 0 Å². The lowest BCUT2D eigenvalue weighted by Crippen LogP contribution is -2.61. The van der Waals surface area contributed by atoms with Crippen molar-refractivity contribution in [3.63, 3.8) is 0 Å². The highest BCUT2D eigenvalue weighted by Crippen LogP contribution is 2.40. The van der Waals surface area contributed by atoms with Crippen LogP contribution in [0.1, 0.15) is 51.9 Å². The number of nitrogens with zero attached hydrogens (tertiary/aromatic N) is 1. The SMILES string of the molecule is CCCNC(COC)C1(N2CCCC2)CCCC1. The molecule has 2 fully saturated rings. The molecule has 3 heteroatoms. The monoisotopic (exact) mass is 254 g/mol. The maximum absolute atomic E-state index is 5.51. The molecule has 1 heterocycles. The van der Waals surface area contributed by atoms with E-state index in [1.54, 1.807) is 0 Å². The lowest BCUT2D eigenvalue weighted by molar-refractivity contribution is 0.0348. The van der Waals surface area contributed by atoms with Gasteiger partial charge in [-0.15, -0.1) is 0 Å². The van der Waals surface area contributed by atoms with Crippen LogP contribution in [0.5, 0.6) is 0 Å². The number of ether oxygens (including phenoxy) is 1. The summed E-state index contributed by atoms with van der Waals surface area (Å²) in [6.45, 7) is 6.82. The fourth-order valence-electron chi connectivity index (χ4n) is 3.92. The molecule has 0 amide bonds. The number of rotatable bonds is 7. The van der Waals surface area contributed by atoms with Crippen molar-refractivity contribution < 1.29 is 4.74 Å². The average Bonchev–Trinajstić information content (AvgIpc) is 3.04. The Kier molecular flexibility index (Phi) is 5.46. The van der Waals surface area contributed by atoms with Crippen LogP contribution in [0, 0.1) is 0 Å². The van der Waals surface area contributed by atoms with E-state index in [9.17, 15) is 0 Å². The van der Waals surface area contributed by atoms with E-state index < -0.39 is 0 Å². The van der Waals surface area contributed by atoms with Crippen LogP contribution < -0.4 is 5.32 Å². The Balaban J connectivity index is 2.08. The van der Waals surface area contributed by atoms with Crippen molar-refractivity contribution in [3.8, 4) is 0 Å². The molecule has 0 radical (unpaired) electrons. The van der Waals surface area contributed by atoms with Gasteiger partial charge in [-0.25, -0.2) is 0 Å². The fourth-order valence-corrected chi connectivity index (χ4v) is 3.92. The van der Waals surface area contributed by atoms with Gasteiger partial charge >= 0.3 is 0 Å². The second-order valence-electron chi connectivity index (χ2n) is 5.97. The Bertz CT molecular complexity index is 233. The number of nitrogens with one attached hydrogen (secondary N) is 1. The minimum Gasteiger partial charge on any atom is -0.383 e. The molecule has 1 N–H and O–H groups in total. The van der Waals surface area contributed by atoms with Gasteiger partial charge in [0.05, 0.1) is 6.61 Å². The molecular formula is C15H30N2O. The zero-order chi connectivity index (χ0) is 12.8. The van der Waals surface area contributed by atoms with Gasteiger partial charge in [-0.05, 0) is 51.7 Å². The Morgan fingerprint density at radius 1 is 1.17 bits per heavy atom. The summed E-state index contributed by atoms with van der Waals surface area (Å²) in [5.74, 6) is 0. The Morgan fingerprint density at radius 3 is 2.39 bits per heavy atom. The van der Waals surface area contributed by atoms with Crippen molar-refractivity contribution in [2.24, 2.45) is 0 Å². The summed E-state index contributed by atoms with van der Waals surface area (Å²) in [5.41, 5.74) is 0.391. The van der Waals surface area contributed by atoms with Crippen molar-refractivity contribution in [3.05, 3.63) is 0 Å². The lowest BCUT2D eigenvalue weighted by Gasteiger charge is -2.45. The third-order valence-corrected chi connectivity index (χ3v) is 4.83. The minimum atomic E-state index is 0.391. The molecule has 0 aromatic heterocycles. The Morgan fingerprint density at radius 2 is 1.83 bits per heavy atom. The first-order chi connectivity index (χ1) is 8.83. The molecule has 1 saturated carbocycles. The highest BCUT2D eigenvalue weighted by Gasteiger charge is 2.46. The number of hydrogen-bond donors (Lipinski definition) is 1. The predicted molar refractivity (Wildman–Crippen MR) is 76.0 cm³/mol. The normalized spacial score (nSPS) is 25.7. The van der Waals surface area contributed by atoms with Gasteiger partial charge in [0, 0.05) is 18.7 Å². The minimum absolute atomic E-state index is 0.391. The molecule has 3 nitrogen and oxygen atoms in total. The third kappa shape index (κ3) is 2.89. The summed E-state index contributed by atoms with van der Waals surface area (Å²) in [5, 5.41) is 3.76. The Labute approximate surface area is 112 Å². The van der Waals surface area contributed by atoms with Crippen LogP contribution in [-0.2, 0) is 4.74 Å². The van der Waals surface area contributed by atoms with Crippen LogP contribution in [0.2, 0.25) is 0 Å². The standard InChI is InChI=1S/C15H30N2O/c1-3-10-16-14(13-18-2)15(8-4-5-9-15)17-11-6-7-12-17/h14,16H,3-13H2,1-2H3. The second-order valence-corrected chi connectivity index (χ2v) is 5.97. The molecule has 0 aromatic rings. The smallest absolute Gasteiger partial charge is 0.0633 e. The first-order valence-electron chi connectivity index (χ1n) is 7.81. The zero-order valence-electron chi connectivity index (χ0n) is 12.2. The molecule has 2 rings (SSSR count). The summed E-state index contributed by atoms with van der Waals surface area (Å²) in [7, 11) is 1.84. The van der Waals surface area contributed by atoms with Crippen molar-refractivity contribution in [1.29, 1.82) is 0 Å². The molecule has 0 spiro atoms. The fraction of sp³-hybridized carbons (Fsp3) is 1.00. The summed E-state index contributed by atoms with van der Waals surface area (Å²) in [4.78, 5) is 2.77. The van der Waals surface area contributed by atoms with Crippen molar-refractivity contribution in [2.75, 3.05) is 33.4 Å². The number of likely N-dealkylation sites (tertiary alicyclic amines) is 1. The maximum atomic E-state index is 5.51. The van der Waals surface area contributed by atoms with Crippen LogP contribution in [0.15, 0.2) is 0 Å². The van der Waals surface area contributed by atoms with Crippen molar-refractivity contribution in [1.82, 2.24) is 10.2 Å². The molecule has 106 valence electrons. The summed E-state index contributed by atoms with van der Waals surface area (Å²) >= 11 is 0. The van der Waals surface area contributed by atoms with E-state index >= 15 is 0 Å². The molecule has 1 atom stereocenters. The van der Waals surface area contributed by atoms with Gasteiger partial charge in [0.2, 0.25) is 0 Å². The van der Waals surface area contributed by atoms with E-state index in [1.165, 1.54) is 58.0 Å². The number of methoxy groups -OCH3 is 1. The second kappa shape index (κ2) is 6.88. The number of hydrogen-bond acceptors (Lipinski definition) is 3. The first kappa shape index (κ1) is 14.3. The summed E-state index contributed by atoms with van der Waals surface area (Å²) < 4.78 is 5.51. The van der Waals surface area contributed by atoms with Gasteiger partial charge in [0.1, 0.15) is 0 Å². The van der Waals surface area contributed by atoms with Gasteiger partial charge in [0.25, 0.3) is 0 Å². The average molecular weight is 254 g/mol. The van der Waals surface area contributed by atoms with Crippen LogP contribution in [0.25, 0.3) is 0 Å². The van der Waals surface area contributed by atoms with Gasteiger partial charge < -0.3 is 10.1 Å². The topological polar surface area (TPSA) is 24.5 Å². The van der Waals surface area contributed by atoms with Gasteiger partial charge in [0.15, 0.2) is 0 Å². The van der Waals surface area contributed by atoms with Crippen molar-refractivity contribution >= 4 is 0 Å². The van der Waals surface area contributed by atoms with Crippen LogP contribution >= 0.6 is 0 Å². The molecular weight excluding hydrogens is 224 g/mol. The first-order valence-corrected chi connectivity index (χ1v) is 7.81. The largest absolute Gasteiger partial charge is 0.383 e. The predicted octanol–water partition coefficient (Wildman–Crippen LogP) is 2.41. The summed E-state index contributed by atoms with van der Waals surface area (Å²) in [6, 6.07) is 0.517. The quantitative estimate of drug-likeness (QED) is 0.755. The van der Waals surface area contributed by atoms with Crippen LogP contribution in [0.4, 0.5) is 0 Å². The van der Waals surface area contributed by atoms with Crippen molar-refractivity contribution in [2.45, 2.75) is 63.5 Å². The highest BCUT2D eigenvalue weighted by atomic mass is 16.5. The Hall–Kier alpha value is -0.120. The molecule has 1 saturated heterocycles. The molecule has 1 aliphatic carbocycles. The molecule has 18 heavy (non-hydrogen) atoms. The van der Waals surface area contributed by atoms with E-state index in [2.05, 4.69) is 17.1 Å². The van der Waals surface area contributed by atoms with Crippen LogP contribution in [0.3, 0.4) is 0 Å². The van der Waals surface area contributed by atoms with E-state index in [0.29, 0.717) is 11.6 Å². The molecule has 0 aromatic carbocycles. The summed E-state index contributed by atoms with van der Waals surface area (Å²) in [6.07, 6.45) is 9.48. The van der Waals surface area contributed by atoms with Gasteiger partial charge in [-0.1, -0.05) is 19.8 Å². The zero-order valence-corrected chi connectivity index (χ0v) is 12.2. The molecule has 2 aliphatic rings. The molecule has 1 aliphatic heterocycles. The van der Waals surface area contributed by atoms with Gasteiger partial charge in [-0.2, -0.15) is 0 Å². The lowest BCUT2D eigenvalue weighted by atomic mass is 9.86. The van der Waals surface area contributed by atoms with E-state index in [4.69, 9.17) is 4.74 Å². The maximum Gasteiger partial charge on any atom is 0.0633 e. The van der Waals surface area contributed by atoms with Crippen LogP contribution in [-0.4, -0.2) is 49.8 Å². The van der Waals surface area contributed by atoms with E-state index in [1.807, 2.05) is 7.11 Å². The third-order valence-electron chi connectivity index (χ3n) is 4.83. The van der Waals surface area contributed by atoms with E-state index in [0.717, 1.165) is 13.2 Å².